The van der Waals surface area contributed by atoms with Crippen LogP contribution in [0, 0.1) is 0 Å². The fraction of sp³-hybridized carbons (Fsp3) is 0.429. The van der Waals surface area contributed by atoms with Crippen molar-refractivity contribution in [2.45, 2.75) is 50.7 Å². The average Bonchev–Trinajstić information content (AvgIpc) is 4.09. The maximum Gasteiger partial charge on any atom is 0.119 e. The van der Waals surface area contributed by atoms with Crippen molar-refractivity contribution >= 4 is 0 Å². The molecule has 2 aliphatic rings. The van der Waals surface area contributed by atoms with Crippen LogP contribution in [0.2, 0.25) is 0 Å². The van der Waals surface area contributed by atoms with Crippen molar-refractivity contribution in [3.8, 4) is 33.8 Å². The van der Waals surface area contributed by atoms with Crippen molar-refractivity contribution in [3.05, 3.63) is 108 Å². The molecule has 4 aromatic rings. The number of epoxide rings is 2. The largest absolute Gasteiger partial charge is 0.491 e. The highest BCUT2D eigenvalue weighted by atomic mass is 16.6. The first-order valence-electron chi connectivity index (χ1n) is 17.7. The molecule has 7 nitrogen and oxygen atoms in total. The zero-order valence-electron chi connectivity index (χ0n) is 28.9. The van der Waals surface area contributed by atoms with Crippen molar-refractivity contribution in [1.82, 2.24) is 0 Å². The topological polar surface area (TPSA) is 71.2 Å². The second kappa shape index (κ2) is 18.3. The van der Waals surface area contributed by atoms with E-state index in [9.17, 15) is 0 Å². The van der Waals surface area contributed by atoms with Gasteiger partial charge in [0.2, 0.25) is 0 Å². The first kappa shape index (κ1) is 35.1. The summed E-state index contributed by atoms with van der Waals surface area (Å²) in [6, 6.07) is 34.1. The summed E-state index contributed by atoms with van der Waals surface area (Å²) in [5, 5.41) is 0. The van der Waals surface area contributed by atoms with E-state index in [0.717, 1.165) is 64.0 Å². The summed E-state index contributed by atoms with van der Waals surface area (Å²) in [6.07, 6.45) is 2.67. The number of benzene rings is 4. The van der Waals surface area contributed by atoms with Gasteiger partial charge in [-0.05, 0) is 82.3 Å². The average molecular weight is 667 g/mol. The summed E-state index contributed by atoms with van der Waals surface area (Å²) < 4.78 is 39.3. The van der Waals surface area contributed by atoms with Gasteiger partial charge in [-0.3, -0.25) is 0 Å². The van der Waals surface area contributed by atoms with Gasteiger partial charge in [-0.2, -0.15) is 0 Å². The Hall–Kier alpha value is -3.72. The van der Waals surface area contributed by atoms with Crippen LogP contribution in [0.25, 0.3) is 22.3 Å². The van der Waals surface area contributed by atoms with E-state index in [1.165, 1.54) is 33.4 Å². The Morgan fingerprint density at radius 1 is 0.469 bits per heavy atom. The van der Waals surface area contributed by atoms with Gasteiger partial charge >= 0.3 is 0 Å². The maximum absolute atomic E-state index is 5.89. The van der Waals surface area contributed by atoms with E-state index < -0.39 is 0 Å². The maximum atomic E-state index is 5.89. The van der Waals surface area contributed by atoms with Gasteiger partial charge in [-0.25, -0.2) is 0 Å². The highest BCUT2D eigenvalue weighted by Crippen LogP contribution is 2.28. The Bertz CT molecular complexity index is 1390. The summed E-state index contributed by atoms with van der Waals surface area (Å²) >= 11 is 0. The Balaban J connectivity index is 0.825. The lowest BCUT2D eigenvalue weighted by Crippen LogP contribution is -2.12. The summed E-state index contributed by atoms with van der Waals surface area (Å²) in [6.45, 7) is 11.1. The molecule has 0 spiro atoms. The summed E-state index contributed by atoms with van der Waals surface area (Å²) in [7, 11) is 0. The van der Waals surface area contributed by atoms with E-state index in [1.807, 2.05) is 24.3 Å². The molecule has 0 saturated carbocycles. The van der Waals surface area contributed by atoms with E-state index in [0.29, 0.717) is 50.5 Å². The van der Waals surface area contributed by atoms with E-state index in [2.05, 4.69) is 86.6 Å². The zero-order chi connectivity index (χ0) is 33.7. The van der Waals surface area contributed by atoms with Crippen molar-refractivity contribution in [2.75, 3.05) is 66.1 Å². The Labute approximate surface area is 291 Å². The fourth-order valence-corrected chi connectivity index (χ4v) is 5.65. The SMILES string of the molecule is CC(CCOCC1CO1)c1ccc(-c2ccc(OCCOCCOc3ccc(-c4ccc(C(C)CCOCC5CO5)cc4)cc3)cc2)cc1. The Morgan fingerprint density at radius 3 is 1.16 bits per heavy atom. The van der Waals surface area contributed by atoms with Crippen molar-refractivity contribution in [2.24, 2.45) is 0 Å². The third kappa shape index (κ3) is 11.7. The molecular formula is C42H50O7. The van der Waals surface area contributed by atoms with Crippen LogP contribution in [0.3, 0.4) is 0 Å². The fourth-order valence-electron chi connectivity index (χ4n) is 5.65. The van der Waals surface area contributed by atoms with Crippen LogP contribution in [-0.4, -0.2) is 78.3 Å². The molecule has 2 saturated heterocycles. The molecule has 0 amide bonds. The molecule has 2 heterocycles. The van der Waals surface area contributed by atoms with Crippen LogP contribution in [0.5, 0.6) is 11.5 Å². The first-order chi connectivity index (χ1) is 24.1. The lowest BCUT2D eigenvalue weighted by atomic mass is 9.95. The molecule has 0 aromatic heterocycles. The zero-order valence-corrected chi connectivity index (χ0v) is 28.9. The second-order valence-electron chi connectivity index (χ2n) is 13.0. The van der Waals surface area contributed by atoms with Crippen LogP contribution in [0.1, 0.15) is 49.7 Å². The molecule has 0 N–H and O–H groups in total. The highest BCUT2D eigenvalue weighted by molar-refractivity contribution is 5.65. The molecule has 4 unspecified atom stereocenters. The van der Waals surface area contributed by atoms with E-state index in [4.69, 9.17) is 33.2 Å². The van der Waals surface area contributed by atoms with Gasteiger partial charge in [0.15, 0.2) is 0 Å². The molecule has 4 aromatic carbocycles. The van der Waals surface area contributed by atoms with Gasteiger partial charge < -0.3 is 33.2 Å². The normalized spacial score (nSPS) is 17.8. The number of hydrogen-bond acceptors (Lipinski definition) is 7. The third-order valence-electron chi connectivity index (χ3n) is 9.13. The Kier molecular flexibility index (Phi) is 13.1. The van der Waals surface area contributed by atoms with Crippen molar-refractivity contribution in [1.29, 1.82) is 0 Å². The summed E-state index contributed by atoms with van der Waals surface area (Å²) in [4.78, 5) is 0. The van der Waals surface area contributed by atoms with Crippen molar-refractivity contribution in [3.63, 3.8) is 0 Å². The lowest BCUT2D eigenvalue weighted by Gasteiger charge is -2.13. The molecule has 49 heavy (non-hydrogen) atoms. The molecule has 4 atom stereocenters. The van der Waals surface area contributed by atoms with E-state index in [-0.39, 0.29) is 0 Å². The molecule has 2 aliphatic heterocycles. The minimum Gasteiger partial charge on any atom is -0.491 e. The number of ether oxygens (including phenoxy) is 7. The van der Waals surface area contributed by atoms with Gasteiger partial charge in [0.25, 0.3) is 0 Å². The lowest BCUT2D eigenvalue weighted by molar-refractivity contribution is 0.0764. The van der Waals surface area contributed by atoms with Crippen LogP contribution >= 0.6 is 0 Å². The standard InChI is InChI=1S/C42H50O7/c1-31(19-21-44-27-41-29-48-41)33-3-7-35(8-4-33)37-11-15-39(16-12-37)46-25-23-43-24-26-47-40-17-13-38(14-18-40)36-9-5-34(6-10-36)32(2)20-22-45-28-42-30-49-42/h3-18,31-32,41-42H,19-30H2,1-2H3. The smallest absolute Gasteiger partial charge is 0.119 e. The first-order valence-corrected chi connectivity index (χ1v) is 17.7. The highest BCUT2D eigenvalue weighted by Gasteiger charge is 2.23. The van der Waals surface area contributed by atoms with Crippen LogP contribution < -0.4 is 9.47 Å². The quantitative estimate of drug-likeness (QED) is 0.0617. The van der Waals surface area contributed by atoms with E-state index >= 15 is 0 Å². The third-order valence-corrected chi connectivity index (χ3v) is 9.13. The minimum absolute atomic E-state index is 0.329. The van der Waals surface area contributed by atoms with Gasteiger partial charge in [0.1, 0.15) is 36.9 Å². The van der Waals surface area contributed by atoms with Gasteiger partial charge in [-0.1, -0.05) is 86.6 Å². The second-order valence-corrected chi connectivity index (χ2v) is 13.0. The monoisotopic (exact) mass is 666 g/mol. The predicted octanol–water partition coefficient (Wildman–Crippen LogP) is 8.31. The van der Waals surface area contributed by atoms with E-state index in [1.54, 1.807) is 0 Å². The van der Waals surface area contributed by atoms with Crippen LogP contribution in [-0.2, 0) is 23.7 Å². The molecule has 6 rings (SSSR count). The minimum atomic E-state index is 0.329. The molecule has 260 valence electrons. The van der Waals surface area contributed by atoms with Crippen LogP contribution in [0.4, 0.5) is 0 Å². The summed E-state index contributed by atoms with van der Waals surface area (Å²) in [5.41, 5.74) is 7.39. The van der Waals surface area contributed by atoms with Gasteiger partial charge in [0.05, 0.1) is 39.6 Å². The van der Waals surface area contributed by atoms with Gasteiger partial charge in [-0.15, -0.1) is 0 Å². The molecule has 2 fully saturated rings. The van der Waals surface area contributed by atoms with Crippen LogP contribution in [0.15, 0.2) is 97.1 Å². The Morgan fingerprint density at radius 2 is 0.816 bits per heavy atom. The number of rotatable bonds is 22. The molecule has 0 bridgehead atoms. The van der Waals surface area contributed by atoms with Gasteiger partial charge in [0, 0.05) is 13.2 Å². The molecule has 0 aliphatic carbocycles. The molecular weight excluding hydrogens is 616 g/mol. The predicted molar refractivity (Wildman–Crippen MR) is 193 cm³/mol. The molecule has 0 radical (unpaired) electrons. The number of hydrogen-bond donors (Lipinski definition) is 0. The van der Waals surface area contributed by atoms with Crippen molar-refractivity contribution < 1.29 is 33.2 Å². The molecule has 7 heteroatoms. The summed E-state index contributed by atoms with van der Waals surface area (Å²) in [5.74, 6) is 2.58.